The number of rotatable bonds is 4. The second kappa shape index (κ2) is 5.47. The minimum atomic E-state index is -0.215. The number of esters is 1. The molecule has 2 unspecified atom stereocenters. The maximum Gasteiger partial charge on any atom is 0.302 e. The van der Waals surface area contributed by atoms with Crippen LogP contribution in [0.15, 0.2) is 0 Å². The molecule has 0 amide bonds. The zero-order chi connectivity index (χ0) is 11.4. The summed E-state index contributed by atoms with van der Waals surface area (Å²) in [5.41, 5.74) is 0. The first kappa shape index (κ1) is 12.5. The van der Waals surface area contributed by atoms with Crippen molar-refractivity contribution in [1.29, 1.82) is 0 Å². The Kier molecular flexibility index (Phi) is 4.54. The van der Waals surface area contributed by atoms with E-state index < -0.39 is 0 Å². The van der Waals surface area contributed by atoms with Gasteiger partial charge in [0.05, 0.1) is 19.4 Å². The van der Waals surface area contributed by atoms with Gasteiger partial charge in [-0.3, -0.25) is 9.69 Å². The Labute approximate surface area is 91.5 Å². The number of ether oxygens (including phenoxy) is 2. The van der Waals surface area contributed by atoms with Crippen LogP contribution >= 0.6 is 0 Å². The molecule has 0 bridgehead atoms. The van der Waals surface area contributed by atoms with Gasteiger partial charge in [0.1, 0.15) is 6.10 Å². The van der Waals surface area contributed by atoms with E-state index in [0.717, 1.165) is 13.2 Å². The number of hydrogen-bond donors (Lipinski definition) is 0. The van der Waals surface area contributed by atoms with E-state index in [0.29, 0.717) is 12.6 Å². The molecular formula is C11H21NO3. The molecule has 1 aliphatic heterocycles. The molecule has 88 valence electrons. The lowest BCUT2D eigenvalue weighted by molar-refractivity contribution is -0.150. The van der Waals surface area contributed by atoms with Crippen molar-refractivity contribution in [2.45, 2.75) is 39.8 Å². The summed E-state index contributed by atoms with van der Waals surface area (Å²) in [6, 6.07) is 0.247. The van der Waals surface area contributed by atoms with Crippen LogP contribution in [0.3, 0.4) is 0 Å². The van der Waals surface area contributed by atoms with Crippen molar-refractivity contribution in [3.63, 3.8) is 0 Å². The normalized spacial score (nSPS) is 21.7. The lowest BCUT2D eigenvalue weighted by Crippen LogP contribution is -2.46. The molecule has 0 spiro atoms. The Morgan fingerprint density at radius 2 is 2.07 bits per heavy atom. The molecule has 1 fully saturated rings. The second-order valence-corrected chi connectivity index (χ2v) is 4.40. The fraction of sp³-hybridized carbons (Fsp3) is 0.909. The van der Waals surface area contributed by atoms with Crippen LogP contribution in [-0.4, -0.2) is 42.9 Å². The van der Waals surface area contributed by atoms with E-state index >= 15 is 0 Å². The van der Waals surface area contributed by atoms with Crippen LogP contribution in [0.2, 0.25) is 0 Å². The van der Waals surface area contributed by atoms with Gasteiger partial charge in [-0.05, 0) is 12.8 Å². The Morgan fingerprint density at radius 1 is 1.40 bits per heavy atom. The maximum absolute atomic E-state index is 10.9. The molecule has 0 saturated carbocycles. The second-order valence-electron chi connectivity index (χ2n) is 4.40. The van der Waals surface area contributed by atoms with Gasteiger partial charge < -0.3 is 9.47 Å². The molecule has 1 aliphatic rings. The third-order valence-corrected chi connectivity index (χ3v) is 2.72. The van der Waals surface area contributed by atoms with Gasteiger partial charge in [-0.25, -0.2) is 0 Å². The summed E-state index contributed by atoms with van der Waals surface area (Å²) in [6.45, 7) is 10.0. The summed E-state index contributed by atoms with van der Waals surface area (Å²) < 4.78 is 10.6. The highest BCUT2D eigenvalue weighted by Crippen LogP contribution is 2.19. The molecule has 1 heterocycles. The van der Waals surface area contributed by atoms with E-state index in [1.54, 1.807) is 0 Å². The minimum Gasteiger partial charge on any atom is -0.461 e. The van der Waals surface area contributed by atoms with E-state index in [1.807, 2.05) is 6.92 Å². The van der Waals surface area contributed by atoms with Crippen molar-refractivity contribution in [1.82, 2.24) is 4.90 Å². The van der Waals surface area contributed by atoms with Crippen molar-refractivity contribution >= 4 is 5.97 Å². The van der Waals surface area contributed by atoms with E-state index in [-0.39, 0.29) is 18.1 Å². The Bertz CT molecular complexity index is 212. The van der Waals surface area contributed by atoms with Crippen molar-refractivity contribution in [3.05, 3.63) is 0 Å². The standard InChI is InChI=1S/C11H21NO3/c1-8(2)11(9(3)15-10(4)13)12-5-6-14-7-12/h8-9,11H,5-7H2,1-4H3. The number of hydrogen-bond acceptors (Lipinski definition) is 4. The molecule has 0 N–H and O–H groups in total. The van der Waals surface area contributed by atoms with Crippen molar-refractivity contribution in [3.8, 4) is 0 Å². The van der Waals surface area contributed by atoms with Gasteiger partial charge in [0.15, 0.2) is 0 Å². The highest BCUT2D eigenvalue weighted by Gasteiger charge is 2.31. The molecule has 2 atom stereocenters. The first-order valence-corrected chi connectivity index (χ1v) is 5.51. The van der Waals surface area contributed by atoms with Crippen LogP contribution in [0.25, 0.3) is 0 Å². The highest BCUT2D eigenvalue weighted by molar-refractivity contribution is 5.66. The van der Waals surface area contributed by atoms with Crippen LogP contribution < -0.4 is 0 Å². The predicted molar refractivity (Wildman–Crippen MR) is 57.4 cm³/mol. The average Bonchev–Trinajstić information content (AvgIpc) is 2.54. The summed E-state index contributed by atoms with van der Waals surface area (Å²) >= 11 is 0. The maximum atomic E-state index is 10.9. The first-order chi connectivity index (χ1) is 7.02. The van der Waals surface area contributed by atoms with Crippen LogP contribution in [0, 0.1) is 5.92 Å². The van der Waals surface area contributed by atoms with Crippen LogP contribution in [0.1, 0.15) is 27.7 Å². The monoisotopic (exact) mass is 215 g/mol. The quantitative estimate of drug-likeness (QED) is 0.662. The Hall–Kier alpha value is -0.610. The molecule has 0 aliphatic carbocycles. The summed E-state index contributed by atoms with van der Waals surface area (Å²) in [5.74, 6) is 0.231. The molecule has 0 aromatic carbocycles. The van der Waals surface area contributed by atoms with E-state index in [4.69, 9.17) is 9.47 Å². The summed E-state index contributed by atoms with van der Waals surface area (Å²) in [5, 5.41) is 0. The zero-order valence-electron chi connectivity index (χ0n) is 10.0. The molecule has 4 heteroatoms. The Balaban J connectivity index is 2.59. The van der Waals surface area contributed by atoms with E-state index in [9.17, 15) is 4.79 Å². The van der Waals surface area contributed by atoms with Crippen molar-refractivity contribution in [2.24, 2.45) is 5.92 Å². The van der Waals surface area contributed by atoms with Crippen molar-refractivity contribution in [2.75, 3.05) is 19.9 Å². The fourth-order valence-corrected chi connectivity index (χ4v) is 2.26. The lowest BCUT2D eigenvalue weighted by Gasteiger charge is -2.33. The largest absolute Gasteiger partial charge is 0.461 e. The van der Waals surface area contributed by atoms with Gasteiger partial charge >= 0.3 is 5.97 Å². The minimum absolute atomic E-state index is 0.0794. The highest BCUT2D eigenvalue weighted by atomic mass is 16.5. The summed E-state index contributed by atoms with van der Waals surface area (Å²) in [4.78, 5) is 13.2. The van der Waals surface area contributed by atoms with E-state index in [1.165, 1.54) is 6.92 Å². The molecule has 0 radical (unpaired) electrons. The molecular weight excluding hydrogens is 194 g/mol. The van der Waals surface area contributed by atoms with Gasteiger partial charge in [0.25, 0.3) is 0 Å². The molecule has 4 nitrogen and oxygen atoms in total. The summed E-state index contributed by atoms with van der Waals surface area (Å²) in [6.07, 6.45) is -0.0794. The van der Waals surface area contributed by atoms with Crippen LogP contribution in [0.4, 0.5) is 0 Å². The lowest BCUT2D eigenvalue weighted by atomic mass is 9.98. The Morgan fingerprint density at radius 3 is 2.47 bits per heavy atom. The van der Waals surface area contributed by atoms with E-state index in [2.05, 4.69) is 18.7 Å². The molecule has 1 saturated heterocycles. The first-order valence-electron chi connectivity index (χ1n) is 5.51. The van der Waals surface area contributed by atoms with Crippen LogP contribution in [-0.2, 0) is 14.3 Å². The van der Waals surface area contributed by atoms with Gasteiger partial charge in [-0.1, -0.05) is 13.8 Å². The number of carbonyl (C=O) groups is 1. The fourth-order valence-electron chi connectivity index (χ4n) is 2.26. The molecule has 1 rings (SSSR count). The predicted octanol–water partition coefficient (Wildman–Crippen LogP) is 1.25. The van der Waals surface area contributed by atoms with Gasteiger partial charge in [0.2, 0.25) is 0 Å². The molecule has 15 heavy (non-hydrogen) atoms. The average molecular weight is 215 g/mol. The van der Waals surface area contributed by atoms with Gasteiger partial charge in [-0.15, -0.1) is 0 Å². The molecule has 0 aromatic rings. The molecule has 0 aromatic heterocycles. The smallest absolute Gasteiger partial charge is 0.302 e. The zero-order valence-corrected chi connectivity index (χ0v) is 10.0. The number of nitrogens with zero attached hydrogens (tertiary/aromatic N) is 1. The van der Waals surface area contributed by atoms with Crippen molar-refractivity contribution < 1.29 is 14.3 Å². The summed E-state index contributed by atoms with van der Waals surface area (Å²) in [7, 11) is 0. The topological polar surface area (TPSA) is 38.8 Å². The number of carbonyl (C=O) groups excluding carboxylic acids is 1. The van der Waals surface area contributed by atoms with Gasteiger partial charge in [-0.2, -0.15) is 0 Å². The SMILES string of the molecule is CC(=O)OC(C)C(C(C)C)N1CCOC1. The third kappa shape index (κ3) is 3.47. The van der Waals surface area contributed by atoms with Crippen LogP contribution in [0.5, 0.6) is 0 Å². The third-order valence-electron chi connectivity index (χ3n) is 2.72. The van der Waals surface area contributed by atoms with Gasteiger partial charge in [0, 0.05) is 13.5 Å².